The fourth-order valence-corrected chi connectivity index (χ4v) is 4.09. The molecule has 5 N–H and O–H groups in total. The van der Waals surface area contributed by atoms with E-state index in [2.05, 4.69) is 0 Å². The molecule has 0 radical (unpaired) electrons. The molecule has 0 saturated carbocycles. The average Bonchev–Trinajstić information content (AvgIpc) is 3.02. The lowest BCUT2D eigenvalue weighted by molar-refractivity contribution is -0.130. The van der Waals surface area contributed by atoms with Gasteiger partial charge in [0, 0.05) is 22.6 Å². The number of Topliss-reactive ketones (excluding diaryl/α,β-unsaturated/α-hetero) is 1. The summed E-state index contributed by atoms with van der Waals surface area (Å²) in [6.07, 6.45) is 1.29. The molecule has 10 heteroatoms. The molecule has 0 aliphatic heterocycles. The number of ketones is 1. The fraction of sp³-hybridized carbons (Fsp3) is 0.0870. The molecule has 5 rings (SSSR count). The van der Waals surface area contributed by atoms with Gasteiger partial charge in [-0.3, -0.25) is 4.79 Å². The van der Waals surface area contributed by atoms with Crippen LogP contribution in [0.3, 0.4) is 0 Å². The Labute approximate surface area is 182 Å². The van der Waals surface area contributed by atoms with Crippen LogP contribution in [0.2, 0.25) is 0 Å². The van der Waals surface area contributed by atoms with E-state index in [4.69, 9.17) is 8.83 Å². The molecule has 0 amide bonds. The number of hydrogen-bond acceptors (Lipinski definition) is 10. The first-order valence-corrected chi connectivity index (χ1v) is 9.51. The predicted molar refractivity (Wildman–Crippen MR) is 114 cm³/mol. The summed E-state index contributed by atoms with van der Waals surface area (Å²) in [5, 5.41) is 50.0. The summed E-state index contributed by atoms with van der Waals surface area (Å²) in [5.41, 5.74) is -4.52. The van der Waals surface area contributed by atoms with Gasteiger partial charge >= 0.3 is 11.3 Å². The number of benzene rings is 2. The largest absolute Gasteiger partial charge is 0.504 e. The molecular formula is C23H14O10. The van der Waals surface area contributed by atoms with E-state index in [1.54, 1.807) is 0 Å². The van der Waals surface area contributed by atoms with E-state index in [0.29, 0.717) is 0 Å². The molecule has 1 aliphatic rings. The third kappa shape index (κ3) is 2.68. The minimum Gasteiger partial charge on any atom is -0.504 e. The highest BCUT2D eigenvalue weighted by molar-refractivity contribution is 6.10. The summed E-state index contributed by atoms with van der Waals surface area (Å²) in [4.78, 5) is 37.8. The topological polar surface area (TPSA) is 179 Å². The zero-order valence-corrected chi connectivity index (χ0v) is 16.7. The van der Waals surface area contributed by atoms with Gasteiger partial charge in [-0.15, -0.1) is 0 Å². The van der Waals surface area contributed by atoms with Crippen molar-refractivity contribution in [3.05, 3.63) is 68.1 Å². The van der Waals surface area contributed by atoms with Crippen molar-refractivity contribution in [1.82, 2.24) is 0 Å². The van der Waals surface area contributed by atoms with Gasteiger partial charge in [0.05, 0.1) is 5.39 Å². The Balaban J connectivity index is 1.82. The minimum absolute atomic E-state index is 0.0304. The highest BCUT2D eigenvalue weighted by atomic mass is 16.4. The number of hydrogen-bond donors (Lipinski definition) is 5. The molecule has 4 aromatic rings. The van der Waals surface area contributed by atoms with Crippen molar-refractivity contribution in [2.45, 2.75) is 12.5 Å². The van der Waals surface area contributed by atoms with E-state index in [1.165, 1.54) is 6.08 Å². The highest BCUT2D eigenvalue weighted by Gasteiger charge is 2.46. The van der Waals surface area contributed by atoms with Crippen molar-refractivity contribution < 1.29 is 39.2 Å². The lowest BCUT2D eigenvalue weighted by Crippen LogP contribution is -2.33. The first-order valence-electron chi connectivity index (χ1n) is 9.51. The van der Waals surface area contributed by atoms with Crippen LogP contribution in [0.5, 0.6) is 23.0 Å². The molecule has 0 saturated heterocycles. The van der Waals surface area contributed by atoms with Crippen molar-refractivity contribution >= 4 is 39.2 Å². The van der Waals surface area contributed by atoms with E-state index >= 15 is 0 Å². The van der Waals surface area contributed by atoms with Crippen LogP contribution in [0, 0.1) is 0 Å². The second kappa shape index (κ2) is 6.47. The standard InChI is InChI=1S/C23H14O10/c1-8(24)23(31)12-6-17(28)14(25)3-9(12)2-13(23)18-7-19-20(22(30)32-18)10-4-15(26)16(27)5-11(10)21(29)33-19/h2-7,25-28,31H,1H3/t23-/m1/s1. The number of aromatic hydroxyl groups is 4. The molecule has 0 unspecified atom stereocenters. The second-order valence-corrected chi connectivity index (χ2v) is 7.67. The fourth-order valence-electron chi connectivity index (χ4n) is 4.09. The monoisotopic (exact) mass is 450 g/mol. The number of phenols is 4. The average molecular weight is 450 g/mol. The van der Waals surface area contributed by atoms with Crippen molar-refractivity contribution in [3.63, 3.8) is 0 Å². The van der Waals surface area contributed by atoms with Gasteiger partial charge in [0.15, 0.2) is 34.4 Å². The number of carbonyl (C=O) groups excluding carboxylic acids is 1. The summed E-state index contributed by atoms with van der Waals surface area (Å²) in [7, 11) is 0. The third-order valence-electron chi connectivity index (χ3n) is 5.72. The van der Waals surface area contributed by atoms with E-state index in [1.807, 2.05) is 0 Å². The smallest absolute Gasteiger partial charge is 0.348 e. The molecule has 1 atom stereocenters. The zero-order valence-electron chi connectivity index (χ0n) is 16.7. The van der Waals surface area contributed by atoms with Gasteiger partial charge < -0.3 is 34.4 Å². The normalized spacial score (nSPS) is 17.3. The molecule has 10 nitrogen and oxygen atoms in total. The number of aliphatic hydroxyl groups is 1. The third-order valence-corrected chi connectivity index (χ3v) is 5.72. The summed E-state index contributed by atoms with van der Waals surface area (Å²) in [5.74, 6) is -3.27. The molecule has 166 valence electrons. The van der Waals surface area contributed by atoms with Crippen molar-refractivity contribution in [3.8, 4) is 23.0 Å². The van der Waals surface area contributed by atoms with Crippen LogP contribution in [0.15, 0.2) is 48.8 Å². The Morgan fingerprint density at radius 1 is 0.818 bits per heavy atom. The van der Waals surface area contributed by atoms with Gasteiger partial charge in [0.2, 0.25) is 0 Å². The Kier molecular flexibility index (Phi) is 3.99. The molecule has 1 aliphatic carbocycles. The molecule has 33 heavy (non-hydrogen) atoms. The van der Waals surface area contributed by atoms with E-state index in [0.717, 1.165) is 37.3 Å². The number of carbonyl (C=O) groups is 1. The van der Waals surface area contributed by atoms with Gasteiger partial charge in [0.1, 0.15) is 16.7 Å². The van der Waals surface area contributed by atoms with Crippen LogP contribution in [0.25, 0.3) is 33.4 Å². The predicted octanol–water partition coefficient (Wildman–Crippen LogP) is 2.05. The van der Waals surface area contributed by atoms with Gasteiger partial charge in [-0.1, -0.05) is 0 Å². The maximum atomic E-state index is 12.9. The lowest BCUT2D eigenvalue weighted by atomic mass is 9.85. The van der Waals surface area contributed by atoms with Crippen LogP contribution in [0.1, 0.15) is 23.8 Å². The molecular weight excluding hydrogens is 436 g/mol. The van der Waals surface area contributed by atoms with Gasteiger partial charge in [-0.05, 0) is 42.8 Å². The first kappa shape index (κ1) is 20.3. The summed E-state index contributed by atoms with van der Waals surface area (Å²) >= 11 is 0. The van der Waals surface area contributed by atoms with Crippen LogP contribution in [-0.4, -0.2) is 31.3 Å². The lowest BCUT2D eigenvalue weighted by Gasteiger charge is -2.24. The van der Waals surface area contributed by atoms with Crippen molar-refractivity contribution in [1.29, 1.82) is 0 Å². The number of fused-ring (bicyclic) bond motifs is 4. The molecule has 0 spiro atoms. The van der Waals surface area contributed by atoms with Gasteiger partial charge in [-0.2, -0.15) is 0 Å². The molecule has 0 bridgehead atoms. The maximum absolute atomic E-state index is 12.9. The highest BCUT2D eigenvalue weighted by Crippen LogP contribution is 2.48. The minimum atomic E-state index is -2.33. The van der Waals surface area contributed by atoms with Crippen LogP contribution >= 0.6 is 0 Å². The number of rotatable bonds is 2. The van der Waals surface area contributed by atoms with Crippen LogP contribution in [-0.2, 0) is 10.4 Å². The van der Waals surface area contributed by atoms with Gasteiger partial charge in [0.25, 0.3) is 0 Å². The summed E-state index contributed by atoms with van der Waals surface area (Å²) in [6.45, 7) is 1.09. The van der Waals surface area contributed by atoms with Crippen molar-refractivity contribution in [2.24, 2.45) is 0 Å². The van der Waals surface area contributed by atoms with Gasteiger partial charge in [-0.25, -0.2) is 9.59 Å². The molecule has 2 aromatic heterocycles. The molecule has 2 aromatic carbocycles. The Morgan fingerprint density at radius 2 is 1.42 bits per heavy atom. The van der Waals surface area contributed by atoms with E-state index < -0.39 is 45.6 Å². The van der Waals surface area contributed by atoms with Crippen molar-refractivity contribution in [2.75, 3.05) is 0 Å². The Bertz CT molecular complexity index is 1690. The second-order valence-electron chi connectivity index (χ2n) is 7.67. The molecule has 0 fully saturated rings. The first-order chi connectivity index (χ1) is 15.5. The van der Waals surface area contributed by atoms with Crippen LogP contribution < -0.4 is 11.3 Å². The zero-order chi connectivity index (χ0) is 23.8. The maximum Gasteiger partial charge on any atom is 0.348 e. The van der Waals surface area contributed by atoms with E-state index in [9.17, 15) is 39.9 Å². The summed E-state index contributed by atoms with van der Waals surface area (Å²) in [6, 6.07) is 5.26. The Hall–Kier alpha value is -4.57. The van der Waals surface area contributed by atoms with Crippen LogP contribution in [0.4, 0.5) is 0 Å². The summed E-state index contributed by atoms with van der Waals surface area (Å²) < 4.78 is 10.6. The Morgan fingerprint density at radius 3 is 2.09 bits per heavy atom. The SMILES string of the molecule is CC(=O)[C@]1(O)C(c2cc3oc(=O)c4cc(O)c(O)cc4c3c(=O)o2)=Cc2cc(O)c(O)cc21. The molecule has 2 heterocycles. The van der Waals surface area contributed by atoms with E-state index in [-0.39, 0.29) is 44.2 Å². The quantitative estimate of drug-likeness (QED) is 0.224. The number of phenolic OH excluding ortho intramolecular Hbond substituents is 4.